The van der Waals surface area contributed by atoms with Gasteiger partial charge in [-0.25, -0.2) is 19.6 Å². The molecule has 1 aliphatic rings. The Bertz CT molecular complexity index is 1650. The summed E-state index contributed by atoms with van der Waals surface area (Å²) in [6.45, 7) is 1.06. The van der Waals surface area contributed by atoms with E-state index in [1.165, 1.54) is 22.7 Å². The summed E-state index contributed by atoms with van der Waals surface area (Å²) in [6, 6.07) is 23.0. The smallest absolute Gasteiger partial charge is 0.355 e. The van der Waals surface area contributed by atoms with E-state index in [9.17, 15) is 14.7 Å². The van der Waals surface area contributed by atoms with Crippen molar-refractivity contribution in [3.8, 4) is 16.3 Å². The predicted octanol–water partition coefficient (Wildman–Crippen LogP) is 7.11. The molecule has 0 aliphatic carbocycles. The fourth-order valence-corrected chi connectivity index (χ4v) is 6.70. The van der Waals surface area contributed by atoms with Gasteiger partial charge in [0.2, 0.25) is 0 Å². The van der Waals surface area contributed by atoms with Crippen molar-refractivity contribution in [1.82, 2.24) is 9.97 Å². The van der Waals surface area contributed by atoms with Crippen LogP contribution in [-0.4, -0.2) is 40.2 Å². The predicted molar refractivity (Wildman–Crippen MR) is 159 cm³/mol. The normalized spacial score (nSPS) is 12.8. The molecule has 1 aliphatic heterocycles. The summed E-state index contributed by atoms with van der Waals surface area (Å²) in [5.41, 5.74) is 3.60. The number of anilines is 2. The number of carbonyl (C=O) groups is 2. The molecule has 0 unspecified atom stereocenters. The van der Waals surface area contributed by atoms with Gasteiger partial charge in [0, 0.05) is 22.7 Å². The molecule has 202 valence electrons. The summed E-state index contributed by atoms with van der Waals surface area (Å²) in [6.07, 6.45) is 2.94. The summed E-state index contributed by atoms with van der Waals surface area (Å²) < 4.78 is 6.78. The third-order valence-corrected chi connectivity index (χ3v) is 8.78. The van der Waals surface area contributed by atoms with Crippen molar-refractivity contribution in [3.05, 3.63) is 88.9 Å². The van der Waals surface area contributed by atoms with E-state index >= 15 is 0 Å². The molecule has 2 N–H and O–H groups in total. The molecule has 0 bridgehead atoms. The number of fused-ring (bicyclic) bond motifs is 2. The second-order valence-electron chi connectivity index (χ2n) is 9.38. The number of aryl methyl sites for hydroxylation is 2. The molecular weight excluding hydrogens is 544 g/mol. The molecule has 3 aromatic carbocycles. The minimum atomic E-state index is -1.05. The number of amides is 2. The van der Waals surface area contributed by atoms with Gasteiger partial charge in [-0.15, -0.1) is 11.3 Å². The zero-order valence-corrected chi connectivity index (χ0v) is 23.1. The van der Waals surface area contributed by atoms with Crippen LogP contribution in [0.3, 0.4) is 0 Å². The van der Waals surface area contributed by atoms with Crippen molar-refractivity contribution >= 4 is 55.7 Å². The average molecular weight is 571 g/mol. The summed E-state index contributed by atoms with van der Waals surface area (Å²) >= 11 is 2.82. The number of nitrogens with one attached hydrogen (secondary N) is 1. The Balaban J connectivity index is 1.20. The SMILES string of the molecule is O=C(O)c1nc(-c2ccc3c(c2)N(C(=O)Nc2nc4ccccc4s2)CCC3)sc1CCCOc1ccccc1. The molecule has 0 saturated carbocycles. The maximum Gasteiger partial charge on any atom is 0.355 e. The van der Waals surface area contributed by atoms with Crippen molar-refractivity contribution in [3.63, 3.8) is 0 Å². The highest BCUT2D eigenvalue weighted by molar-refractivity contribution is 7.22. The van der Waals surface area contributed by atoms with Gasteiger partial charge in [-0.2, -0.15) is 0 Å². The van der Waals surface area contributed by atoms with E-state index < -0.39 is 5.97 Å². The van der Waals surface area contributed by atoms with Gasteiger partial charge in [0.05, 0.1) is 16.8 Å². The number of para-hydroxylation sites is 2. The van der Waals surface area contributed by atoms with Crippen LogP contribution in [0.5, 0.6) is 5.75 Å². The second-order valence-corrected chi connectivity index (χ2v) is 11.5. The molecule has 0 spiro atoms. The Labute approximate surface area is 238 Å². The maximum absolute atomic E-state index is 13.3. The standard InChI is InChI=1S/C30H26N4O4S2/c35-28(36)26-25(13-7-17-38-21-9-2-1-3-10-21)39-27(32-26)20-15-14-19-8-6-16-34(23(19)18-20)30(37)33-29-31-22-11-4-5-12-24(22)40-29/h1-5,9-12,14-15,18H,6-8,13,16-17H2,(H,35,36)(H,31,33,37). The van der Waals surface area contributed by atoms with Crippen LogP contribution in [0.4, 0.5) is 15.6 Å². The Hall–Kier alpha value is -4.28. The number of hydrogen-bond acceptors (Lipinski definition) is 7. The van der Waals surface area contributed by atoms with Crippen molar-refractivity contribution in [2.24, 2.45) is 0 Å². The van der Waals surface area contributed by atoms with Crippen LogP contribution < -0.4 is 15.0 Å². The van der Waals surface area contributed by atoms with Crippen LogP contribution in [0.2, 0.25) is 0 Å². The van der Waals surface area contributed by atoms with Crippen LogP contribution >= 0.6 is 22.7 Å². The highest BCUT2D eigenvalue weighted by atomic mass is 32.1. The Morgan fingerprint density at radius 1 is 1.00 bits per heavy atom. The molecule has 6 rings (SSSR count). The van der Waals surface area contributed by atoms with Crippen LogP contribution in [0.15, 0.2) is 72.8 Å². The molecule has 10 heteroatoms. The molecule has 0 fully saturated rings. The van der Waals surface area contributed by atoms with Gasteiger partial charge < -0.3 is 9.84 Å². The maximum atomic E-state index is 13.3. The summed E-state index contributed by atoms with van der Waals surface area (Å²) in [5, 5.41) is 13.9. The lowest BCUT2D eigenvalue weighted by Gasteiger charge is -2.29. The number of ether oxygens (including phenoxy) is 1. The van der Waals surface area contributed by atoms with E-state index in [2.05, 4.69) is 15.3 Å². The van der Waals surface area contributed by atoms with Gasteiger partial charge in [0.1, 0.15) is 10.8 Å². The van der Waals surface area contributed by atoms with E-state index in [-0.39, 0.29) is 11.7 Å². The average Bonchev–Trinajstić information content (AvgIpc) is 3.59. The van der Waals surface area contributed by atoms with Crippen LogP contribution in [0, 0.1) is 0 Å². The van der Waals surface area contributed by atoms with E-state index in [1.807, 2.05) is 72.8 Å². The van der Waals surface area contributed by atoms with Crippen molar-refractivity contribution in [2.45, 2.75) is 25.7 Å². The molecule has 0 atom stereocenters. The molecule has 3 heterocycles. The van der Waals surface area contributed by atoms with Crippen molar-refractivity contribution in [1.29, 1.82) is 0 Å². The van der Waals surface area contributed by atoms with Crippen molar-refractivity contribution in [2.75, 3.05) is 23.4 Å². The highest BCUT2D eigenvalue weighted by Crippen LogP contribution is 2.36. The summed E-state index contributed by atoms with van der Waals surface area (Å²) in [4.78, 5) is 36.8. The number of hydrogen-bond donors (Lipinski definition) is 2. The zero-order chi connectivity index (χ0) is 27.5. The Morgan fingerprint density at radius 2 is 1.82 bits per heavy atom. The quantitative estimate of drug-likeness (QED) is 0.193. The fourth-order valence-electron chi connectivity index (χ4n) is 4.75. The molecule has 40 heavy (non-hydrogen) atoms. The second kappa shape index (κ2) is 11.4. The first-order valence-corrected chi connectivity index (χ1v) is 14.7. The van der Waals surface area contributed by atoms with Gasteiger partial charge in [0.15, 0.2) is 10.8 Å². The van der Waals surface area contributed by atoms with Gasteiger partial charge in [-0.3, -0.25) is 10.2 Å². The number of aromatic nitrogens is 2. The highest BCUT2D eigenvalue weighted by Gasteiger charge is 2.25. The van der Waals surface area contributed by atoms with Crippen LogP contribution in [0.1, 0.15) is 33.8 Å². The summed E-state index contributed by atoms with van der Waals surface area (Å²) in [5.74, 6) is -0.256. The van der Waals surface area contributed by atoms with Gasteiger partial charge in [-0.1, -0.05) is 53.8 Å². The summed E-state index contributed by atoms with van der Waals surface area (Å²) in [7, 11) is 0. The lowest BCUT2D eigenvalue weighted by atomic mass is 10.00. The molecular formula is C30H26N4O4S2. The van der Waals surface area contributed by atoms with Crippen LogP contribution in [-0.2, 0) is 12.8 Å². The van der Waals surface area contributed by atoms with E-state index in [0.29, 0.717) is 41.0 Å². The number of aromatic carboxylic acids is 1. The van der Waals surface area contributed by atoms with Crippen LogP contribution in [0.25, 0.3) is 20.8 Å². The first kappa shape index (κ1) is 26.0. The van der Waals surface area contributed by atoms with Gasteiger partial charge >= 0.3 is 12.0 Å². The minimum Gasteiger partial charge on any atom is -0.494 e. The van der Waals surface area contributed by atoms with E-state index in [0.717, 1.165) is 45.6 Å². The molecule has 5 aromatic rings. The number of urea groups is 1. The number of carboxylic acids is 1. The Morgan fingerprint density at radius 3 is 2.65 bits per heavy atom. The number of nitrogens with zero attached hydrogens (tertiary/aromatic N) is 3. The lowest BCUT2D eigenvalue weighted by Crippen LogP contribution is -2.38. The first-order chi connectivity index (χ1) is 19.5. The zero-order valence-electron chi connectivity index (χ0n) is 21.5. The third kappa shape index (κ3) is 5.54. The Kier molecular flexibility index (Phi) is 7.43. The minimum absolute atomic E-state index is 0.0721. The first-order valence-electron chi connectivity index (χ1n) is 13.0. The number of rotatable bonds is 8. The molecule has 0 saturated heterocycles. The number of carboxylic acid groups (broad SMARTS) is 1. The van der Waals surface area contributed by atoms with E-state index in [1.54, 1.807) is 4.90 Å². The molecule has 2 aromatic heterocycles. The lowest BCUT2D eigenvalue weighted by molar-refractivity contribution is 0.0690. The van der Waals surface area contributed by atoms with Gasteiger partial charge in [-0.05, 0) is 61.6 Å². The molecule has 2 amide bonds. The molecule has 8 nitrogen and oxygen atoms in total. The monoisotopic (exact) mass is 570 g/mol. The number of benzene rings is 3. The van der Waals surface area contributed by atoms with Gasteiger partial charge in [0.25, 0.3) is 0 Å². The topological polar surface area (TPSA) is 105 Å². The number of carbonyl (C=O) groups excluding carboxylic acids is 1. The fraction of sp³-hybridized carbons (Fsp3) is 0.200. The van der Waals surface area contributed by atoms with Crippen molar-refractivity contribution < 1.29 is 19.4 Å². The third-order valence-electron chi connectivity index (χ3n) is 6.66. The largest absolute Gasteiger partial charge is 0.494 e. The van der Waals surface area contributed by atoms with E-state index in [4.69, 9.17) is 4.74 Å². The molecule has 0 radical (unpaired) electrons. The number of thiazole rings is 2.